The number of azo groups is 2. The molecule has 0 fully saturated rings. The Kier molecular flexibility index (Phi) is 8.45. The standard InChI is InChI=1S/C34H26N8O6/c1-17-21(33(45)46)15-23-29(37-17)25(39-41-27-7-3-5-11-35-27)13-19(31(23)43)9-10-20-14-26(40-42-28-8-4-6-12-36-28)30-24(32(20)44)16-22(34(47)48)18(2)38-30/h3-8,11-16,43-44H,9-10H2,1-2H3,(H,45,46)(H,47,48). The molecule has 4 N–H and O–H groups in total. The maximum atomic E-state index is 11.9. The number of pyridine rings is 4. The van der Waals surface area contributed by atoms with E-state index < -0.39 is 11.9 Å². The number of aromatic hydroxyl groups is 2. The second kappa shape index (κ2) is 13.0. The van der Waals surface area contributed by atoms with Gasteiger partial charge in [0.2, 0.25) is 0 Å². The minimum Gasteiger partial charge on any atom is -0.507 e. The molecule has 14 nitrogen and oxygen atoms in total. The molecule has 238 valence electrons. The Morgan fingerprint density at radius 1 is 0.625 bits per heavy atom. The Morgan fingerprint density at radius 3 is 1.40 bits per heavy atom. The van der Waals surface area contributed by atoms with Crippen molar-refractivity contribution < 1.29 is 30.0 Å². The summed E-state index contributed by atoms with van der Waals surface area (Å²) in [5.41, 5.74) is 2.03. The lowest BCUT2D eigenvalue weighted by molar-refractivity contribution is 0.0685. The Bertz CT molecular complexity index is 2130. The molecule has 6 rings (SSSR count). The summed E-state index contributed by atoms with van der Waals surface area (Å²) in [6, 6.07) is 16.1. The third kappa shape index (κ3) is 6.22. The molecule has 0 spiro atoms. The molecule has 0 aliphatic heterocycles. The Labute approximate surface area is 271 Å². The number of fused-ring (bicyclic) bond motifs is 2. The fourth-order valence-corrected chi connectivity index (χ4v) is 5.18. The van der Waals surface area contributed by atoms with E-state index in [-0.39, 0.29) is 80.0 Å². The second-order valence-corrected chi connectivity index (χ2v) is 10.7. The molecule has 14 heteroatoms. The van der Waals surface area contributed by atoms with E-state index in [1.165, 1.54) is 12.1 Å². The molecule has 4 heterocycles. The number of carboxylic acid groups (broad SMARTS) is 2. The van der Waals surface area contributed by atoms with Crippen molar-refractivity contribution in [3.63, 3.8) is 0 Å². The Balaban J connectivity index is 1.46. The average Bonchev–Trinajstić information content (AvgIpc) is 3.08. The SMILES string of the molecule is Cc1nc2c(N=Nc3ccccn3)cc(CCc3cc(N=Nc4ccccn4)c4nc(C)c(C(=O)O)cc4c3O)c(O)c2cc1C(=O)O. The lowest BCUT2D eigenvalue weighted by atomic mass is 9.96. The summed E-state index contributed by atoms with van der Waals surface area (Å²) < 4.78 is 0. The second-order valence-electron chi connectivity index (χ2n) is 10.7. The van der Waals surface area contributed by atoms with Crippen molar-refractivity contribution in [3.05, 3.63) is 107 Å². The number of aromatic carboxylic acids is 2. The summed E-state index contributed by atoms with van der Waals surface area (Å²) in [5.74, 6) is -2.17. The van der Waals surface area contributed by atoms with Gasteiger partial charge in [-0.25, -0.2) is 29.5 Å². The molecule has 0 amide bonds. The topological polar surface area (TPSA) is 216 Å². The number of benzene rings is 2. The number of carbonyl (C=O) groups is 2. The molecular weight excluding hydrogens is 616 g/mol. The lowest BCUT2D eigenvalue weighted by Gasteiger charge is -2.14. The van der Waals surface area contributed by atoms with Gasteiger partial charge in [-0.15, -0.1) is 20.5 Å². The van der Waals surface area contributed by atoms with E-state index in [1.807, 2.05) is 0 Å². The van der Waals surface area contributed by atoms with Gasteiger partial charge in [-0.2, -0.15) is 0 Å². The van der Waals surface area contributed by atoms with E-state index in [2.05, 4.69) is 40.4 Å². The van der Waals surface area contributed by atoms with Crippen molar-refractivity contribution in [2.45, 2.75) is 26.7 Å². The van der Waals surface area contributed by atoms with Crippen LogP contribution >= 0.6 is 0 Å². The highest BCUT2D eigenvalue weighted by atomic mass is 16.4. The van der Waals surface area contributed by atoms with Gasteiger partial charge >= 0.3 is 11.9 Å². The zero-order valence-electron chi connectivity index (χ0n) is 25.5. The molecule has 0 aliphatic carbocycles. The fourth-order valence-electron chi connectivity index (χ4n) is 5.18. The van der Waals surface area contributed by atoms with Crippen LogP contribution in [0.2, 0.25) is 0 Å². The summed E-state index contributed by atoms with van der Waals surface area (Å²) in [4.78, 5) is 41.0. The molecule has 6 aromatic rings. The van der Waals surface area contributed by atoms with Crippen LogP contribution in [-0.2, 0) is 12.8 Å². The number of hydrogen-bond acceptors (Lipinski definition) is 12. The number of phenols is 2. The first-order chi connectivity index (χ1) is 23.1. The minimum absolute atomic E-state index is 0.0883. The number of hydrogen-bond donors (Lipinski definition) is 4. The van der Waals surface area contributed by atoms with Gasteiger partial charge in [-0.05, 0) is 86.3 Å². The highest BCUT2D eigenvalue weighted by Gasteiger charge is 2.21. The minimum atomic E-state index is -1.21. The Hall–Kier alpha value is -6.70. The van der Waals surface area contributed by atoms with Crippen molar-refractivity contribution in [1.82, 2.24) is 19.9 Å². The van der Waals surface area contributed by atoms with E-state index in [1.54, 1.807) is 74.8 Å². The van der Waals surface area contributed by atoms with Crippen LogP contribution in [0.15, 0.2) is 93.5 Å². The van der Waals surface area contributed by atoms with E-state index in [9.17, 15) is 30.0 Å². The van der Waals surface area contributed by atoms with Crippen LogP contribution < -0.4 is 0 Å². The number of rotatable bonds is 9. The van der Waals surface area contributed by atoms with Crippen LogP contribution in [-0.4, -0.2) is 52.3 Å². The number of carboxylic acids is 2. The molecule has 0 saturated heterocycles. The average molecular weight is 643 g/mol. The summed E-state index contributed by atoms with van der Waals surface area (Å²) in [6.07, 6.45) is 3.38. The third-order valence-electron chi connectivity index (χ3n) is 7.60. The van der Waals surface area contributed by atoms with Gasteiger partial charge in [-0.1, -0.05) is 12.1 Å². The number of nitrogens with zero attached hydrogens (tertiary/aromatic N) is 8. The molecule has 2 aromatic carbocycles. The van der Waals surface area contributed by atoms with Gasteiger partial charge in [0, 0.05) is 23.2 Å². The highest BCUT2D eigenvalue weighted by molar-refractivity contribution is 6.01. The molecule has 0 unspecified atom stereocenters. The zero-order valence-corrected chi connectivity index (χ0v) is 25.5. The molecule has 0 saturated carbocycles. The number of phenolic OH excluding ortho intramolecular Hbond substituents is 2. The van der Waals surface area contributed by atoms with E-state index in [4.69, 9.17) is 0 Å². The van der Waals surface area contributed by atoms with E-state index in [0.29, 0.717) is 22.8 Å². The van der Waals surface area contributed by atoms with Crippen molar-refractivity contribution in [3.8, 4) is 11.5 Å². The predicted octanol–water partition coefficient (Wildman–Crippen LogP) is 7.61. The maximum absolute atomic E-state index is 11.9. The zero-order chi connectivity index (χ0) is 33.9. The fraction of sp³-hybridized carbons (Fsp3) is 0.118. The monoisotopic (exact) mass is 642 g/mol. The van der Waals surface area contributed by atoms with Crippen molar-refractivity contribution in [2.75, 3.05) is 0 Å². The van der Waals surface area contributed by atoms with Gasteiger partial charge in [-0.3, -0.25) is 0 Å². The normalized spacial score (nSPS) is 11.6. The van der Waals surface area contributed by atoms with Crippen LogP contribution in [0.1, 0.15) is 43.2 Å². The summed E-state index contributed by atoms with van der Waals surface area (Å²) in [5, 5.41) is 59.6. The quantitative estimate of drug-likeness (QED) is 0.113. The van der Waals surface area contributed by atoms with Crippen LogP contribution in [0.5, 0.6) is 11.5 Å². The van der Waals surface area contributed by atoms with Crippen molar-refractivity contribution in [1.29, 1.82) is 0 Å². The first-order valence-electron chi connectivity index (χ1n) is 14.5. The molecule has 4 aromatic heterocycles. The van der Waals surface area contributed by atoms with E-state index >= 15 is 0 Å². The number of aromatic nitrogens is 4. The number of aryl methyl sites for hydroxylation is 4. The van der Waals surface area contributed by atoms with Crippen molar-refractivity contribution in [2.24, 2.45) is 20.5 Å². The van der Waals surface area contributed by atoms with Crippen LogP contribution in [0, 0.1) is 13.8 Å². The lowest BCUT2D eigenvalue weighted by Crippen LogP contribution is -2.03. The Morgan fingerprint density at radius 2 is 1.04 bits per heavy atom. The van der Waals surface area contributed by atoms with Crippen molar-refractivity contribution >= 4 is 56.8 Å². The van der Waals surface area contributed by atoms with Crippen LogP contribution in [0.25, 0.3) is 21.8 Å². The third-order valence-corrected chi connectivity index (χ3v) is 7.60. The molecular formula is C34H26N8O6. The smallest absolute Gasteiger partial charge is 0.337 e. The summed E-state index contributed by atoms with van der Waals surface area (Å²) in [7, 11) is 0. The van der Waals surface area contributed by atoms with Gasteiger partial charge in [0.05, 0.1) is 22.5 Å². The maximum Gasteiger partial charge on any atom is 0.337 e. The molecule has 0 radical (unpaired) electrons. The molecule has 0 bridgehead atoms. The van der Waals surface area contributed by atoms with Gasteiger partial charge < -0.3 is 20.4 Å². The van der Waals surface area contributed by atoms with Crippen LogP contribution in [0.4, 0.5) is 23.0 Å². The molecule has 48 heavy (non-hydrogen) atoms. The van der Waals surface area contributed by atoms with E-state index in [0.717, 1.165) is 0 Å². The highest BCUT2D eigenvalue weighted by Crippen LogP contribution is 2.40. The first-order valence-corrected chi connectivity index (χ1v) is 14.5. The van der Waals surface area contributed by atoms with Gasteiger partial charge in [0.1, 0.15) is 33.9 Å². The largest absolute Gasteiger partial charge is 0.507 e. The summed E-state index contributed by atoms with van der Waals surface area (Å²) in [6.45, 7) is 3.09. The van der Waals surface area contributed by atoms with Gasteiger partial charge in [0.15, 0.2) is 11.6 Å². The molecule has 0 atom stereocenters. The first kappa shape index (κ1) is 31.3. The van der Waals surface area contributed by atoms with Gasteiger partial charge in [0.25, 0.3) is 0 Å². The van der Waals surface area contributed by atoms with Crippen LogP contribution in [0.3, 0.4) is 0 Å². The molecule has 0 aliphatic rings. The summed E-state index contributed by atoms with van der Waals surface area (Å²) >= 11 is 0. The predicted molar refractivity (Wildman–Crippen MR) is 174 cm³/mol.